The van der Waals surface area contributed by atoms with Crippen LogP contribution in [0.2, 0.25) is 0 Å². The zero-order valence-electron chi connectivity index (χ0n) is 14.3. The number of esters is 1. The van der Waals surface area contributed by atoms with Crippen LogP contribution in [0.15, 0.2) is 33.7 Å². The molecule has 0 amide bonds. The van der Waals surface area contributed by atoms with Crippen LogP contribution < -0.4 is 9.46 Å². The number of hydrogen-bond donors (Lipinski definition) is 1. The number of benzene rings is 1. The minimum atomic E-state index is -3.81. The first-order chi connectivity index (χ1) is 12.3. The van der Waals surface area contributed by atoms with Crippen LogP contribution in [0.25, 0.3) is 0 Å². The van der Waals surface area contributed by atoms with Gasteiger partial charge in [-0.1, -0.05) is 5.16 Å². The normalized spacial score (nSPS) is 11.3. The number of aryl methyl sites for hydroxylation is 2. The lowest BCUT2D eigenvalue weighted by Crippen LogP contribution is -2.27. The summed E-state index contributed by atoms with van der Waals surface area (Å²) in [5.74, 6) is -0.317. The van der Waals surface area contributed by atoms with Gasteiger partial charge in [0.1, 0.15) is 35.4 Å². The number of nitrogens with one attached hydrogen (secondary N) is 1. The minimum Gasteiger partial charge on any atom is -0.490 e. The first-order valence-corrected chi connectivity index (χ1v) is 9.24. The number of ether oxygens (including phenoxy) is 2. The third-order valence-electron chi connectivity index (χ3n) is 3.29. The summed E-state index contributed by atoms with van der Waals surface area (Å²) >= 11 is 0. The van der Waals surface area contributed by atoms with Crippen molar-refractivity contribution >= 4 is 16.0 Å². The Morgan fingerprint density at radius 3 is 2.54 bits per heavy atom. The molecule has 1 aromatic heterocycles. The third-order valence-corrected chi connectivity index (χ3v) is 4.99. The predicted octanol–water partition coefficient (Wildman–Crippen LogP) is 1.72. The van der Waals surface area contributed by atoms with E-state index in [1.807, 2.05) is 0 Å². The number of halogens is 1. The summed E-state index contributed by atoms with van der Waals surface area (Å²) in [7, 11) is -3.81. The molecule has 10 heteroatoms. The quantitative estimate of drug-likeness (QED) is 0.516. The number of rotatable bonds is 9. The van der Waals surface area contributed by atoms with Gasteiger partial charge in [0.2, 0.25) is 10.0 Å². The van der Waals surface area contributed by atoms with Crippen molar-refractivity contribution in [3.05, 3.63) is 41.5 Å². The molecule has 0 bridgehead atoms. The van der Waals surface area contributed by atoms with Gasteiger partial charge in [-0.3, -0.25) is 4.79 Å². The second kappa shape index (κ2) is 8.77. The molecule has 0 spiro atoms. The Morgan fingerprint density at radius 2 is 1.92 bits per heavy atom. The van der Waals surface area contributed by atoms with Crippen LogP contribution in [-0.2, 0) is 19.6 Å². The van der Waals surface area contributed by atoms with Crippen LogP contribution >= 0.6 is 0 Å². The molecular weight excluding hydrogens is 367 g/mol. The van der Waals surface area contributed by atoms with E-state index in [1.165, 1.54) is 38.1 Å². The highest BCUT2D eigenvalue weighted by atomic mass is 32.2. The van der Waals surface area contributed by atoms with Gasteiger partial charge in [0.05, 0.1) is 6.42 Å². The second-order valence-corrected chi connectivity index (χ2v) is 7.03. The Balaban J connectivity index is 1.68. The van der Waals surface area contributed by atoms with Crippen molar-refractivity contribution in [1.29, 1.82) is 0 Å². The molecule has 8 nitrogen and oxygen atoms in total. The molecule has 0 aliphatic heterocycles. The largest absolute Gasteiger partial charge is 0.490 e. The van der Waals surface area contributed by atoms with Gasteiger partial charge < -0.3 is 14.0 Å². The molecule has 142 valence electrons. The van der Waals surface area contributed by atoms with Crippen molar-refractivity contribution in [3.8, 4) is 5.75 Å². The van der Waals surface area contributed by atoms with Crippen LogP contribution in [0.1, 0.15) is 17.9 Å². The molecule has 1 heterocycles. The maximum absolute atomic E-state index is 12.7. The Morgan fingerprint density at radius 1 is 1.23 bits per heavy atom. The van der Waals surface area contributed by atoms with Crippen molar-refractivity contribution < 1.29 is 31.6 Å². The van der Waals surface area contributed by atoms with Crippen LogP contribution in [0.4, 0.5) is 4.39 Å². The molecule has 0 saturated carbocycles. The Kier molecular flexibility index (Phi) is 6.70. The zero-order chi connectivity index (χ0) is 19.2. The van der Waals surface area contributed by atoms with Crippen molar-refractivity contribution in [1.82, 2.24) is 9.88 Å². The highest BCUT2D eigenvalue weighted by molar-refractivity contribution is 7.89. The number of hydrogen-bond acceptors (Lipinski definition) is 7. The van der Waals surface area contributed by atoms with Crippen LogP contribution in [0.3, 0.4) is 0 Å². The smallest absolute Gasteiger partial charge is 0.307 e. The maximum atomic E-state index is 12.7. The van der Waals surface area contributed by atoms with Gasteiger partial charge in [0, 0.05) is 6.54 Å². The molecule has 26 heavy (non-hydrogen) atoms. The monoisotopic (exact) mass is 386 g/mol. The Hall–Kier alpha value is -2.46. The van der Waals surface area contributed by atoms with E-state index in [0.717, 1.165) is 0 Å². The van der Waals surface area contributed by atoms with Gasteiger partial charge >= 0.3 is 5.97 Å². The molecule has 1 aromatic carbocycles. The first kappa shape index (κ1) is 19.9. The lowest BCUT2D eigenvalue weighted by atomic mass is 10.3. The van der Waals surface area contributed by atoms with E-state index in [9.17, 15) is 17.6 Å². The van der Waals surface area contributed by atoms with E-state index in [1.54, 1.807) is 0 Å². The van der Waals surface area contributed by atoms with Gasteiger partial charge in [-0.05, 0) is 38.1 Å². The molecule has 0 atom stereocenters. The zero-order valence-corrected chi connectivity index (χ0v) is 15.1. The predicted molar refractivity (Wildman–Crippen MR) is 88.6 cm³/mol. The summed E-state index contributed by atoms with van der Waals surface area (Å²) in [5, 5.41) is 3.58. The lowest BCUT2D eigenvalue weighted by molar-refractivity contribution is -0.144. The van der Waals surface area contributed by atoms with Gasteiger partial charge in [-0.15, -0.1) is 0 Å². The molecule has 0 aliphatic rings. The fraction of sp³-hybridized carbons (Fsp3) is 0.375. The van der Waals surface area contributed by atoms with E-state index in [-0.39, 0.29) is 48.3 Å². The number of nitrogens with zero attached hydrogens (tertiary/aromatic N) is 1. The average Bonchev–Trinajstić information content (AvgIpc) is 2.92. The van der Waals surface area contributed by atoms with Crippen molar-refractivity contribution in [2.75, 3.05) is 19.8 Å². The van der Waals surface area contributed by atoms with E-state index in [2.05, 4.69) is 9.88 Å². The van der Waals surface area contributed by atoms with Gasteiger partial charge in [-0.2, -0.15) is 0 Å². The molecule has 2 rings (SSSR count). The average molecular weight is 386 g/mol. The molecule has 1 N–H and O–H groups in total. The minimum absolute atomic E-state index is 0.00712. The van der Waals surface area contributed by atoms with E-state index < -0.39 is 16.0 Å². The van der Waals surface area contributed by atoms with Crippen molar-refractivity contribution in [2.45, 2.75) is 25.2 Å². The summed E-state index contributed by atoms with van der Waals surface area (Å²) in [6.07, 6.45) is -0.140. The van der Waals surface area contributed by atoms with Gasteiger partial charge in [-0.25, -0.2) is 17.5 Å². The standard InChI is InChI=1S/C16H19FN2O6S/c1-11-16(12(2)25-19-11)26(21,22)18-8-7-15(20)24-10-9-23-14-5-3-13(17)4-6-14/h3-6,18H,7-10H2,1-2H3. The fourth-order valence-corrected chi connectivity index (χ4v) is 3.49. The van der Waals surface area contributed by atoms with E-state index >= 15 is 0 Å². The van der Waals surface area contributed by atoms with E-state index in [0.29, 0.717) is 5.75 Å². The molecule has 0 saturated heterocycles. The first-order valence-electron chi connectivity index (χ1n) is 7.76. The van der Waals surface area contributed by atoms with Crippen LogP contribution in [0.5, 0.6) is 5.75 Å². The van der Waals surface area contributed by atoms with Crippen molar-refractivity contribution in [3.63, 3.8) is 0 Å². The highest BCUT2D eigenvalue weighted by Crippen LogP contribution is 2.18. The molecular formula is C16H19FN2O6S. The van der Waals surface area contributed by atoms with Crippen LogP contribution in [-0.4, -0.2) is 39.3 Å². The fourth-order valence-electron chi connectivity index (χ4n) is 2.14. The topological polar surface area (TPSA) is 108 Å². The molecule has 0 aliphatic carbocycles. The summed E-state index contributed by atoms with van der Waals surface area (Å²) < 4.78 is 54.4. The number of aromatic nitrogens is 1. The number of carbonyl (C=O) groups excluding carboxylic acids is 1. The number of carbonyl (C=O) groups is 1. The second-order valence-electron chi connectivity index (χ2n) is 5.32. The number of sulfonamides is 1. The summed E-state index contributed by atoms with van der Waals surface area (Å²) in [6, 6.07) is 5.43. The lowest BCUT2D eigenvalue weighted by Gasteiger charge is -2.08. The summed E-state index contributed by atoms with van der Waals surface area (Å²) in [4.78, 5) is 11.6. The van der Waals surface area contributed by atoms with E-state index in [4.69, 9.17) is 14.0 Å². The molecule has 0 radical (unpaired) electrons. The van der Waals surface area contributed by atoms with Gasteiger partial charge in [0.15, 0.2) is 5.76 Å². The van der Waals surface area contributed by atoms with Gasteiger partial charge in [0.25, 0.3) is 0 Å². The SMILES string of the molecule is Cc1noc(C)c1S(=O)(=O)NCCC(=O)OCCOc1ccc(F)cc1. The maximum Gasteiger partial charge on any atom is 0.307 e. The Bertz CT molecular complexity index is 829. The third kappa shape index (κ3) is 5.53. The van der Waals surface area contributed by atoms with Crippen molar-refractivity contribution in [2.24, 2.45) is 0 Å². The molecule has 0 fully saturated rings. The molecule has 0 unspecified atom stereocenters. The summed E-state index contributed by atoms with van der Waals surface area (Å²) in [5.41, 5.74) is 0.246. The molecule has 2 aromatic rings. The van der Waals surface area contributed by atoms with Crippen LogP contribution in [0, 0.1) is 19.7 Å². The highest BCUT2D eigenvalue weighted by Gasteiger charge is 2.23. The summed E-state index contributed by atoms with van der Waals surface area (Å²) in [6.45, 7) is 2.98. The Labute approximate surface area is 150 Å².